The summed E-state index contributed by atoms with van der Waals surface area (Å²) in [6.07, 6.45) is 3.49. The summed E-state index contributed by atoms with van der Waals surface area (Å²) in [7, 11) is 0. The Labute approximate surface area is 123 Å². The van der Waals surface area contributed by atoms with Gasteiger partial charge in [-0.25, -0.2) is 0 Å². The van der Waals surface area contributed by atoms with E-state index in [0.29, 0.717) is 0 Å². The Morgan fingerprint density at radius 1 is 1.20 bits per heavy atom. The van der Waals surface area contributed by atoms with Gasteiger partial charge in [0.15, 0.2) is 0 Å². The van der Waals surface area contributed by atoms with Crippen molar-refractivity contribution in [1.29, 1.82) is 0 Å². The predicted molar refractivity (Wildman–Crippen MR) is 88.0 cm³/mol. The van der Waals surface area contributed by atoms with E-state index < -0.39 is 0 Å². The summed E-state index contributed by atoms with van der Waals surface area (Å²) in [5.41, 5.74) is 4.64. The van der Waals surface area contributed by atoms with Crippen molar-refractivity contribution >= 4 is 5.57 Å². The highest BCUT2D eigenvalue weighted by atomic mass is 15.1. The van der Waals surface area contributed by atoms with E-state index >= 15 is 0 Å². The number of fused-ring (bicyclic) bond motifs is 1. The lowest BCUT2D eigenvalue weighted by Gasteiger charge is -2.25. The first kappa shape index (κ1) is 15.3. The van der Waals surface area contributed by atoms with E-state index in [1.807, 2.05) is 0 Å². The van der Waals surface area contributed by atoms with E-state index in [0.717, 1.165) is 32.6 Å². The molecule has 0 heterocycles. The Morgan fingerprint density at radius 3 is 2.65 bits per heavy atom. The summed E-state index contributed by atoms with van der Waals surface area (Å²) in [6, 6.07) is 8.79. The Morgan fingerprint density at radius 2 is 1.95 bits per heavy atom. The number of likely N-dealkylation sites (N-methyl/N-ethyl adjacent to an activating group) is 1. The molecule has 0 saturated heterocycles. The van der Waals surface area contributed by atoms with Crippen LogP contribution in [0.3, 0.4) is 0 Å². The van der Waals surface area contributed by atoms with Crippen LogP contribution in [0.1, 0.15) is 38.8 Å². The average Bonchev–Trinajstić information content (AvgIpc) is 2.79. The van der Waals surface area contributed by atoms with Crippen LogP contribution in [0.25, 0.3) is 5.57 Å². The molecule has 0 unspecified atom stereocenters. The summed E-state index contributed by atoms with van der Waals surface area (Å²) in [5, 5.41) is 3.57. The molecule has 0 bridgehead atoms. The zero-order valence-electron chi connectivity index (χ0n) is 13.4. The third-order valence-corrected chi connectivity index (χ3v) is 3.86. The fourth-order valence-electron chi connectivity index (χ4n) is 2.68. The number of hydrogen-bond donors (Lipinski definition) is 1. The number of rotatable bonds is 6. The summed E-state index contributed by atoms with van der Waals surface area (Å²) in [5.74, 6) is 0. The second-order valence-corrected chi connectivity index (χ2v) is 6.64. The second kappa shape index (κ2) is 6.55. The van der Waals surface area contributed by atoms with Crippen molar-refractivity contribution < 1.29 is 0 Å². The number of allylic oxidation sites excluding steroid dienone is 1. The maximum atomic E-state index is 3.57. The molecule has 1 aromatic carbocycles. The van der Waals surface area contributed by atoms with E-state index in [1.54, 1.807) is 0 Å². The first-order chi connectivity index (χ1) is 9.49. The van der Waals surface area contributed by atoms with Gasteiger partial charge in [0.1, 0.15) is 0 Å². The van der Waals surface area contributed by atoms with Crippen molar-refractivity contribution in [3.63, 3.8) is 0 Å². The predicted octanol–water partition coefficient (Wildman–Crippen LogP) is 3.34. The molecule has 0 fully saturated rings. The molecule has 1 aromatic rings. The Hall–Kier alpha value is -1.12. The van der Waals surface area contributed by atoms with Crippen LogP contribution in [0.15, 0.2) is 30.3 Å². The van der Waals surface area contributed by atoms with Crippen molar-refractivity contribution in [2.75, 3.05) is 26.2 Å². The minimum atomic E-state index is 0.207. The van der Waals surface area contributed by atoms with Gasteiger partial charge in [-0.1, -0.05) is 37.3 Å². The van der Waals surface area contributed by atoms with E-state index in [1.165, 1.54) is 16.7 Å². The lowest BCUT2D eigenvalue weighted by Crippen LogP contribution is -2.41. The molecule has 20 heavy (non-hydrogen) atoms. The van der Waals surface area contributed by atoms with Gasteiger partial charge in [-0.05, 0) is 50.4 Å². The van der Waals surface area contributed by atoms with Gasteiger partial charge in [0.25, 0.3) is 0 Å². The maximum absolute atomic E-state index is 3.57. The molecule has 0 aromatic heterocycles. The first-order valence-corrected chi connectivity index (χ1v) is 7.74. The molecule has 0 atom stereocenters. The molecular formula is C18H28N2. The molecule has 0 amide bonds. The van der Waals surface area contributed by atoms with Crippen LogP contribution in [0.4, 0.5) is 0 Å². The van der Waals surface area contributed by atoms with E-state index in [4.69, 9.17) is 0 Å². The molecule has 1 aliphatic rings. The van der Waals surface area contributed by atoms with Crippen molar-refractivity contribution in [3.05, 3.63) is 41.5 Å². The fraction of sp³-hybridized carbons (Fsp3) is 0.556. The van der Waals surface area contributed by atoms with Crippen molar-refractivity contribution in [2.24, 2.45) is 0 Å². The first-order valence-electron chi connectivity index (χ1n) is 7.74. The summed E-state index contributed by atoms with van der Waals surface area (Å²) < 4.78 is 0. The smallest absolute Gasteiger partial charge is 0.0237 e. The van der Waals surface area contributed by atoms with Gasteiger partial charge in [-0.15, -0.1) is 0 Å². The van der Waals surface area contributed by atoms with E-state index in [2.05, 4.69) is 68.3 Å². The Bertz CT molecular complexity index is 469. The minimum Gasteiger partial charge on any atom is -0.311 e. The summed E-state index contributed by atoms with van der Waals surface area (Å²) in [4.78, 5) is 2.52. The normalized spacial score (nSPS) is 14.6. The highest BCUT2D eigenvalue weighted by Crippen LogP contribution is 2.27. The number of nitrogens with zero attached hydrogens (tertiary/aromatic N) is 1. The topological polar surface area (TPSA) is 15.3 Å². The van der Waals surface area contributed by atoms with Crippen molar-refractivity contribution in [2.45, 2.75) is 39.7 Å². The Balaban J connectivity index is 1.88. The molecule has 0 radical (unpaired) electrons. The molecule has 1 aliphatic carbocycles. The van der Waals surface area contributed by atoms with Crippen LogP contribution in [0.5, 0.6) is 0 Å². The van der Waals surface area contributed by atoms with Gasteiger partial charge in [-0.2, -0.15) is 0 Å². The monoisotopic (exact) mass is 272 g/mol. The van der Waals surface area contributed by atoms with Crippen LogP contribution in [-0.2, 0) is 6.42 Å². The molecule has 0 saturated carbocycles. The molecule has 110 valence electrons. The third-order valence-electron chi connectivity index (χ3n) is 3.86. The highest BCUT2D eigenvalue weighted by Gasteiger charge is 2.16. The van der Waals surface area contributed by atoms with Gasteiger partial charge in [0.05, 0.1) is 0 Å². The zero-order chi connectivity index (χ0) is 14.6. The van der Waals surface area contributed by atoms with Crippen molar-refractivity contribution in [3.8, 4) is 0 Å². The summed E-state index contributed by atoms with van der Waals surface area (Å²) in [6.45, 7) is 13.2. The van der Waals surface area contributed by atoms with Crippen molar-refractivity contribution in [1.82, 2.24) is 10.2 Å². The van der Waals surface area contributed by atoms with Gasteiger partial charge < -0.3 is 5.32 Å². The standard InChI is InChI=1S/C18H28N2/c1-5-20(13-12-19-18(2,3)4)14-16-11-10-15-8-6-7-9-17(15)16/h6-9,11,19H,5,10,12-14H2,1-4H3. The van der Waals surface area contributed by atoms with Gasteiger partial charge in [0.2, 0.25) is 0 Å². The molecule has 0 spiro atoms. The third kappa shape index (κ3) is 4.19. The zero-order valence-corrected chi connectivity index (χ0v) is 13.4. The molecule has 1 N–H and O–H groups in total. The maximum Gasteiger partial charge on any atom is 0.0237 e. The van der Waals surface area contributed by atoms with Gasteiger partial charge >= 0.3 is 0 Å². The van der Waals surface area contributed by atoms with Crippen LogP contribution in [0, 0.1) is 0 Å². The highest BCUT2D eigenvalue weighted by molar-refractivity contribution is 5.74. The molecule has 2 heteroatoms. The lowest BCUT2D eigenvalue weighted by molar-refractivity contribution is 0.301. The average molecular weight is 272 g/mol. The quantitative estimate of drug-likeness (QED) is 0.854. The van der Waals surface area contributed by atoms with Crippen LogP contribution < -0.4 is 5.32 Å². The second-order valence-electron chi connectivity index (χ2n) is 6.64. The largest absolute Gasteiger partial charge is 0.311 e. The minimum absolute atomic E-state index is 0.207. The molecule has 2 rings (SSSR count). The number of hydrogen-bond acceptors (Lipinski definition) is 2. The number of benzene rings is 1. The van der Waals surface area contributed by atoms with Gasteiger partial charge in [0, 0.05) is 25.2 Å². The molecule has 2 nitrogen and oxygen atoms in total. The Kier molecular flexibility index (Phi) is 5.00. The van der Waals surface area contributed by atoms with E-state index in [9.17, 15) is 0 Å². The van der Waals surface area contributed by atoms with Crippen LogP contribution >= 0.6 is 0 Å². The van der Waals surface area contributed by atoms with Crippen LogP contribution in [-0.4, -0.2) is 36.6 Å². The molecular weight excluding hydrogens is 244 g/mol. The van der Waals surface area contributed by atoms with Crippen LogP contribution in [0.2, 0.25) is 0 Å². The summed E-state index contributed by atoms with van der Waals surface area (Å²) >= 11 is 0. The number of nitrogens with one attached hydrogen (secondary N) is 1. The SMILES string of the molecule is CCN(CCNC(C)(C)C)CC1=CCc2ccccc21. The van der Waals surface area contributed by atoms with E-state index in [-0.39, 0.29) is 5.54 Å². The molecule has 0 aliphatic heterocycles. The fourth-order valence-corrected chi connectivity index (χ4v) is 2.68. The van der Waals surface area contributed by atoms with Gasteiger partial charge in [-0.3, -0.25) is 4.90 Å². The lowest BCUT2D eigenvalue weighted by atomic mass is 10.1.